The van der Waals surface area contributed by atoms with Gasteiger partial charge in [0.2, 0.25) is 0 Å². The summed E-state index contributed by atoms with van der Waals surface area (Å²) in [4.78, 5) is 5.89. The van der Waals surface area contributed by atoms with Gasteiger partial charge >= 0.3 is 0 Å². The number of aryl methyl sites for hydroxylation is 1. The van der Waals surface area contributed by atoms with Crippen molar-refractivity contribution in [2.75, 3.05) is 6.54 Å². The van der Waals surface area contributed by atoms with Crippen LogP contribution in [-0.4, -0.2) is 15.9 Å². The molecule has 0 aliphatic rings. The number of nitrogens with two attached hydrogens (primary N) is 1. The average Bonchev–Trinajstić information content (AvgIpc) is 3.01. The molecular weight excluding hydrogens is 278 g/mol. The molecule has 2 aromatic heterocycles. The Labute approximate surface area is 129 Å². The van der Waals surface area contributed by atoms with Crippen molar-refractivity contribution in [3.63, 3.8) is 0 Å². The van der Waals surface area contributed by atoms with Crippen LogP contribution >= 0.6 is 11.3 Å². The van der Waals surface area contributed by atoms with E-state index in [2.05, 4.69) is 54.8 Å². The van der Waals surface area contributed by atoms with Crippen molar-refractivity contribution < 1.29 is 0 Å². The van der Waals surface area contributed by atoms with Gasteiger partial charge < -0.3 is 5.73 Å². The van der Waals surface area contributed by atoms with Crippen molar-refractivity contribution in [1.29, 1.82) is 0 Å². The molecule has 0 aliphatic carbocycles. The van der Waals surface area contributed by atoms with Crippen LogP contribution in [0.25, 0.3) is 16.2 Å². The quantitative estimate of drug-likeness (QED) is 0.791. The Kier molecular flexibility index (Phi) is 3.83. The second-order valence-electron chi connectivity index (χ2n) is 5.74. The van der Waals surface area contributed by atoms with E-state index in [4.69, 9.17) is 10.7 Å². The first-order valence-corrected chi connectivity index (χ1v) is 8.25. The third-order valence-electron chi connectivity index (χ3n) is 3.77. The van der Waals surface area contributed by atoms with Crippen LogP contribution in [-0.2, 0) is 6.42 Å². The summed E-state index contributed by atoms with van der Waals surface area (Å²) in [5.41, 5.74) is 12.0. The first-order chi connectivity index (χ1) is 10.1. The number of fused-ring (bicyclic) bond motifs is 1. The molecule has 0 aliphatic heterocycles. The van der Waals surface area contributed by atoms with Gasteiger partial charge in [0.05, 0.1) is 11.4 Å². The number of imidazole rings is 1. The average molecular weight is 299 g/mol. The molecule has 0 unspecified atom stereocenters. The second kappa shape index (κ2) is 5.62. The molecule has 0 saturated heterocycles. The van der Waals surface area contributed by atoms with E-state index in [1.807, 2.05) is 0 Å². The number of thiazole rings is 1. The summed E-state index contributed by atoms with van der Waals surface area (Å²) in [6, 6.07) is 8.67. The summed E-state index contributed by atoms with van der Waals surface area (Å²) >= 11 is 1.70. The highest BCUT2D eigenvalue weighted by Crippen LogP contribution is 2.31. The van der Waals surface area contributed by atoms with Crippen LogP contribution in [0.15, 0.2) is 29.6 Å². The highest BCUT2D eigenvalue weighted by Gasteiger charge is 2.18. The zero-order valence-electron chi connectivity index (χ0n) is 12.8. The smallest absolute Gasteiger partial charge is 0.194 e. The van der Waals surface area contributed by atoms with Crippen LogP contribution in [0.2, 0.25) is 0 Å². The standard InChI is InChI=1S/C17H21N3S/c1-11(2)16-14(8-9-18)20-15(10-21-17(20)19-16)13-6-4-12(3)5-7-13/h4-7,10-11H,8-9,18H2,1-3H3. The summed E-state index contributed by atoms with van der Waals surface area (Å²) in [5, 5.41) is 2.19. The van der Waals surface area contributed by atoms with Crippen molar-refractivity contribution in [2.45, 2.75) is 33.1 Å². The summed E-state index contributed by atoms with van der Waals surface area (Å²) < 4.78 is 2.29. The van der Waals surface area contributed by atoms with Crippen LogP contribution in [0, 0.1) is 6.92 Å². The highest BCUT2D eigenvalue weighted by molar-refractivity contribution is 7.15. The topological polar surface area (TPSA) is 43.3 Å². The highest BCUT2D eigenvalue weighted by atomic mass is 32.1. The van der Waals surface area contributed by atoms with Crippen LogP contribution in [0.3, 0.4) is 0 Å². The molecule has 1 aromatic carbocycles. The zero-order valence-corrected chi connectivity index (χ0v) is 13.6. The van der Waals surface area contributed by atoms with Gasteiger partial charge in [-0.3, -0.25) is 4.40 Å². The van der Waals surface area contributed by atoms with E-state index >= 15 is 0 Å². The van der Waals surface area contributed by atoms with Crippen LogP contribution < -0.4 is 5.73 Å². The maximum absolute atomic E-state index is 5.82. The predicted molar refractivity (Wildman–Crippen MR) is 90.1 cm³/mol. The van der Waals surface area contributed by atoms with Crippen molar-refractivity contribution in [3.05, 3.63) is 46.6 Å². The minimum absolute atomic E-state index is 0.421. The van der Waals surface area contributed by atoms with Crippen LogP contribution in [0.1, 0.15) is 36.7 Å². The van der Waals surface area contributed by atoms with Crippen molar-refractivity contribution >= 4 is 16.3 Å². The summed E-state index contributed by atoms with van der Waals surface area (Å²) in [7, 11) is 0. The first kappa shape index (κ1) is 14.3. The molecule has 0 atom stereocenters. The van der Waals surface area contributed by atoms with E-state index in [0.717, 1.165) is 11.4 Å². The van der Waals surface area contributed by atoms with Gasteiger partial charge in [-0.05, 0) is 24.9 Å². The van der Waals surface area contributed by atoms with Gasteiger partial charge in [-0.15, -0.1) is 11.3 Å². The molecule has 0 bridgehead atoms. The maximum atomic E-state index is 5.82. The monoisotopic (exact) mass is 299 g/mol. The lowest BCUT2D eigenvalue weighted by atomic mass is 10.1. The zero-order chi connectivity index (χ0) is 15.0. The van der Waals surface area contributed by atoms with Gasteiger partial charge in [0.1, 0.15) is 0 Å². The Morgan fingerprint density at radius 3 is 2.57 bits per heavy atom. The van der Waals surface area contributed by atoms with Crippen molar-refractivity contribution in [2.24, 2.45) is 5.73 Å². The van der Waals surface area contributed by atoms with Gasteiger partial charge in [-0.2, -0.15) is 0 Å². The van der Waals surface area contributed by atoms with E-state index in [1.165, 1.54) is 28.2 Å². The van der Waals surface area contributed by atoms with Crippen molar-refractivity contribution in [1.82, 2.24) is 9.38 Å². The summed E-state index contributed by atoms with van der Waals surface area (Å²) in [5.74, 6) is 0.421. The Hall–Kier alpha value is -1.65. The molecule has 0 radical (unpaired) electrons. The van der Waals surface area contributed by atoms with Gasteiger partial charge in [0.25, 0.3) is 0 Å². The third-order valence-corrected chi connectivity index (χ3v) is 4.59. The Morgan fingerprint density at radius 2 is 1.95 bits per heavy atom. The molecule has 0 fully saturated rings. The second-order valence-corrected chi connectivity index (χ2v) is 6.58. The first-order valence-electron chi connectivity index (χ1n) is 7.37. The largest absolute Gasteiger partial charge is 0.330 e. The number of aromatic nitrogens is 2. The molecule has 2 heterocycles. The Bertz CT molecular complexity index is 750. The third kappa shape index (κ3) is 2.49. The van der Waals surface area contributed by atoms with E-state index in [0.29, 0.717) is 12.5 Å². The lowest BCUT2D eigenvalue weighted by Crippen LogP contribution is -2.08. The van der Waals surface area contributed by atoms with Crippen molar-refractivity contribution in [3.8, 4) is 11.3 Å². The van der Waals surface area contributed by atoms with E-state index < -0.39 is 0 Å². The minimum Gasteiger partial charge on any atom is -0.330 e. The number of rotatable bonds is 4. The predicted octanol–water partition coefficient (Wildman–Crippen LogP) is 4.00. The fourth-order valence-electron chi connectivity index (χ4n) is 2.70. The molecular formula is C17H21N3S. The molecule has 3 aromatic rings. The van der Waals surface area contributed by atoms with E-state index in [-0.39, 0.29) is 0 Å². The van der Waals surface area contributed by atoms with Crippen LogP contribution in [0.5, 0.6) is 0 Å². The molecule has 3 nitrogen and oxygen atoms in total. The van der Waals surface area contributed by atoms with Gasteiger partial charge in [-0.25, -0.2) is 4.98 Å². The molecule has 0 saturated carbocycles. The molecule has 110 valence electrons. The van der Waals surface area contributed by atoms with Gasteiger partial charge in [0, 0.05) is 17.5 Å². The van der Waals surface area contributed by atoms with Crippen LogP contribution in [0.4, 0.5) is 0 Å². The normalized spacial score (nSPS) is 11.7. The molecule has 0 amide bonds. The molecule has 0 spiro atoms. The summed E-state index contributed by atoms with van der Waals surface area (Å²) in [6.07, 6.45) is 0.865. The maximum Gasteiger partial charge on any atom is 0.194 e. The lowest BCUT2D eigenvalue weighted by molar-refractivity contribution is 0.792. The molecule has 3 rings (SSSR count). The number of hydrogen-bond donors (Lipinski definition) is 1. The SMILES string of the molecule is Cc1ccc(-c2csc3nc(C(C)C)c(CCN)n23)cc1. The lowest BCUT2D eigenvalue weighted by Gasteiger charge is -2.08. The van der Waals surface area contributed by atoms with E-state index in [9.17, 15) is 0 Å². The Balaban J connectivity index is 2.22. The molecule has 4 heteroatoms. The molecule has 21 heavy (non-hydrogen) atoms. The van der Waals surface area contributed by atoms with Gasteiger partial charge in [0.15, 0.2) is 4.96 Å². The molecule has 2 N–H and O–H groups in total. The fraction of sp³-hybridized carbons (Fsp3) is 0.353. The number of nitrogens with zero attached hydrogens (tertiary/aromatic N) is 2. The Morgan fingerprint density at radius 1 is 1.24 bits per heavy atom. The fourth-order valence-corrected chi connectivity index (χ4v) is 3.62. The number of benzene rings is 1. The summed E-state index contributed by atoms with van der Waals surface area (Å²) in [6.45, 7) is 7.15. The number of hydrogen-bond acceptors (Lipinski definition) is 3. The van der Waals surface area contributed by atoms with Gasteiger partial charge in [-0.1, -0.05) is 43.7 Å². The van der Waals surface area contributed by atoms with E-state index in [1.54, 1.807) is 11.3 Å². The minimum atomic E-state index is 0.421.